The normalized spacial score (nSPS) is 13.2. The predicted molar refractivity (Wildman–Crippen MR) is 211 cm³/mol. The summed E-state index contributed by atoms with van der Waals surface area (Å²) >= 11 is 0. The van der Waals surface area contributed by atoms with Crippen LogP contribution in [0, 0.1) is 0 Å². The van der Waals surface area contributed by atoms with E-state index in [2.05, 4.69) is 92.7 Å². The molecule has 0 saturated heterocycles. The molecule has 0 amide bonds. The van der Waals surface area contributed by atoms with Crippen LogP contribution in [-0.2, 0) is 5.41 Å². The van der Waals surface area contributed by atoms with Gasteiger partial charge in [0, 0.05) is 22.1 Å². The van der Waals surface area contributed by atoms with Crippen molar-refractivity contribution < 1.29 is 9.47 Å². The maximum Gasteiger partial charge on any atom is 0.181 e. The number of hydrogen-bond donors (Lipinski definition) is 0. The average molecular weight is 684 g/mol. The van der Waals surface area contributed by atoms with Crippen LogP contribution in [0.1, 0.15) is 25.0 Å². The van der Waals surface area contributed by atoms with Crippen LogP contribution in [0.3, 0.4) is 0 Å². The smallest absolute Gasteiger partial charge is 0.181 e. The van der Waals surface area contributed by atoms with Gasteiger partial charge in [0.15, 0.2) is 40.5 Å². The van der Waals surface area contributed by atoms with Gasteiger partial charge in [0.1, 0.15) is 0 Å². The van der Waals surface area contributed by atoms with Gasteiger partial charge in [-0.1, -0.05) is 147 Å². The maximum absolute atomic E-state index is 6.80. The van der Waals surface area contributed by atoms with E-state index in [0.717, 1.165) is 50.3 Å². The molecule has 1 aromatic heterocycles. The van der Waals surface area contributed by atoms with Crippen LogP contribution >= 0.6 is 0 Å². The minimum absolute atomic E-state index is 0.153. The fourth-order valence-corrected chi connectivity index (χ4v) is 7.71. The van der Waals surface area contributed by atoms with Gasteiger partial charge in [-0.25, -0.2) is 15.0 Å². The predicted octanol–water partition coefficient (Wildman–Crippen LogP) is 12.4. The second-order valence-corrected chi connectivity index (χ2v) is 14.0. The molecule has 252 valence electrons. The Morgan fingerprint density at radius 2 is 0.868 bits per heavy atom. The summed E-state index contributed by atoms with van der Waals surface area (Å²) in [6, 6.07) is 56.0. The fraction of sp³-hybridized carbons (Fsp3) is 0.0625. The summed E-state index contributed by atoms with van der Waals surface area (Å²) in [5.41, 5.74) is 11.5. The summed E-state index contributed by atoms with van der Waals surface area (Å²) in [7, 11) is 0. The number of para-hydroxylation sites is 1. The minimum atomic E-state index is -0.153. The molecule has 53 heavy (non-hydrogen) atoms. The molecule has 0 N–H and O–H groups in total. The SMILES string of the molecule is CC1(C)c2ccccc2-c2c1ccc1c2Oc2cccc(-c3nc(-c4cccc(-c5ccccc5)c4)nc(-c4cccc(-c5ccccc5)c4)n3)c2O1. The Balaban J connectivity index is 1.12. The summed E-state index contributed by atoms with van der Waals surface area (Å²) in [6.07, 6.45) is 0. The minimum Gasteiger partial charge on any atom is -0.449 e. The molecule has 5 heteroatoms. The fourth-order valence-electron chi connectivity index (χ4n) is 7.71. The molecule has 2 aliphatic rings. The molecule has 0 spiro atoms. The van der Waals surface area contributed by atoms with Crippen molar-refractivity contribution in [1.29, 1.82) is 0 Å². The summed E-state index contributed by atoms with van der Waals surface area (Å²) in [5.74, 6) is 4.22. The van der Waals surface area contributed by atoms with Crippen LogP contribution in [0.15, 0.2) is 164 Å². The topological polar surface area (TPSA) is 57.1 Å². The van der Waals surface area contributed by atoms with E-state index in [4.69, 9.17) is 24.4 Å². The highest BCUT2D eigenvalue weighted by Crippen LogP contribution is 2.59. The molecule has 0 bridgehead atoms. The molecule has 0 radical (unpaired) electrons. The van der Waals surface area contributed by atoms with E-state index in [9.17, 15) is 0 Å². The number of fused-ring (bicyclic) bond motifs is 6. The van der Waals surface area contributed by atoms with Crippen LogP contribution in [-0.4, -0.2) is 15.0 Å². The molecule has 10 rings (SSSR count). The Bertz CT molecular complexity index is 2600. The lowest BCUT2D eigenvalue weighted by molar-refractivity contribution is 0.361. The third-order valence-corrected chi connectivity index (χ3v) is 10.4. The summed E-state index contributed by atoms with van der Waals surface area (Å²) in [4.78, 5) is 15.4. The Morgan fingerprint density at radius 3 is 1.53 bits per heavy atom. The summed E-state index contributed by atoms with van der Waals surface area (Å²) in [6.45, 7) is 4.53. The highest BCUT2D eigenvalue weighted by Gasteiger charge is 2.40. The molecule has 2 heterocycles. The first kappa shape index (κ1) is 30.9. The van der Waals surface area contributed by atoms with Gasteiger partial charge in [-0.2, -0.15) is 0 Å². The van der Waals surface area contributed by atoms with E-state index in [-0.39, 0.29) is 5.41 Å². The first-order valence-electron chi connectivity index (χ1n) is 17.9. The van der Waals surface area contributed by atoms with Crippen molar-refractivity contribution in [1.82, 2.24) is 15.0 Å². The van der Waals surface area contributed by atoms with Gasteiger partial charge >= 0.3 is 0 Å². The number of ether oxygens (including phenoxy) is 2. The summed E-state index contributed by atoms with van der Waals surface area (Å²) < 4.78 is 13.6. The Labute approximate surface area is 308 Å². The van der Waals surface area contributed by atoms with Crippen LogP contribution < -0.4 is 9.47 Å². The van der Waals surface area contributed by atoms with Crippen LogP contribution in [0.25, 0.3) is 67.5 Å². The zero-order valence-electron chi connectivity index (χ0n) is 29.2. The molecule has 0 fully saturated rings. The second-order valence-electron chi connectivity index (χ2n) is 14.0. The number of hydrogen-bond acceptors (Lipinski definition) is 5. The van der Waals surface area contributed by atoms with Crippen molar-refractivity contribution >= 4 is 0 Å². The Morgan fingerprint density at radius 1 is 0.377 bits per heavy atom. The molecular weight excluding hydrogens is 651 g/mol. The van der Waals surface area contributed by atoms with Crippen molar-refractivity contribution in [2.24, 2.45) is 0 Å². The largest absolute Gasteiger partial charge is 0.449 e. The lowest BCUT2D eigenvalue weighted by Crippen LogP contribution is -2.15. The van der Waals surface area contributed by atoms with E-state index < -0.39 is 0 Å². The molecule has 0 saturated carbocycles. The van der Waals surface area contributed by atoms with Crippen molar-refractivity contribution in [3.63, 3.8) is 0 Å². The molecule has 1 aliphatic carbocycles. The number of rotatable bonds is 5. The van der Waals surface area contributed by atoms with Gasteiger partial charge in [0.2, 0.25) is 0 Å². The first-order valence-corrected chi connectivity index (χ1v) is 17.9. The van der Waals surface area contributed by atoms with Gasteiger partial charge in [0.25, 0.3) is 0 Å². The first-order chi connectivity index (χ1) is 26.0. The number of nitrogens with zero attached hydrogens (tertiary/aromatic N) is 3. The molecule has 8 aromatic rings. The lowest BCUT2D eigenvalue weighted by Gasteiger charge is -2.26. The summed E-state index contributed by atoms with van der Waals surface area (Å²) in [5, 5.41) is 0. The van der Waals surface area contributed by atoms with Crippen LogP contribution in [0.2, 0.25) is 0 Å². The van der Waals surface area contributed by atoms with Crippen molar-refractivity contribution in [3.8, 4) is 90.5 Å². The van der Waals surface area contributed by atoms with Gasteiger partial charge in [-0.3, -0.25) is 0 Å². The van der Waals surface area contributed by atoms with Crippen molar-refractivity contribution in [2.45, 2.75) is 19.3 Å². The zero-order chi connectivity index (χ0) is 35.5. The van der Waals surface area contributed by atoms with Gasteiger partial charge < -0.3 is 9.47 Å². The zero-order valence-corrected chi connectivity index (χ0v) is 29.2. The quantitative estimate of drug-likeness (QED) is 0.181. The third kappa shape index (κ3) is 5.20. The Hall–Kier alpha value is -6.85. The van der Waals surface area contributed by atoms with E-state index in [1.165, 1.54) is 16.7 Å². The van der Waals surface area contributed by atoms with Crippen molar-refractivity contribution in [2.75, 3.05) is 0 Å². The lowest BCUT2D eigenvalue weighted by atomic mass is 9.82. The molecule has 5 nitrogen and oxygen atoms in total. The highest BCUT2D eigenvalue weighted by molar-refractivity contribution is 5.89. The van der Waals surface area contributed by atoms with E-state index in [0.29, 0.717) is 34.7 Å². The van der Waals surface area contributed by atoms with Gasteiger partial charge in [-0.05, 0) is 69.3 Å². The highest BCUT2D eigenvalue weighted by atomic mass is 16.6. The second kappa shape index (κ2) is 12.1. The number of aromatic nitrogens is 3. The van der Waals surface area contributed by atoms with Gasteiger partial charge in [-0.15, -0.1) is 0 Å². The molecular formula is C48H33N3O2. The van der Waals surface area contributed by atoms with E-state index >= 15 is 0 Å². The molecule has 0 atom stereocenters. The van der Waals surface area contributed by atoms with Gasteiger partial charge in [0.05, 0.1) is 5.56 Å². The Kier molecular flexibility index (Phi) is 7.08. The third-order valence-electron chi connectivity index (χ3n) is 10.4. The molecule has 7 aromatic carbocycles. The monoisotopic (exact) mass is 683 g/mol. The number of benzene rings is 7. The average Bonchev–Trinajstić information content (AvgIpc) is 3.46. The van der Waals surface area contributed by atoms with Crippen LogP contribution in [0.4, 0.5) is 0 Å². The standard InChI is InChI=1S/C48H33N3O2/c1-48(2)38-24-10-9-22-36(38)42-39(48)26-27-41-44(42)53-40-25-13-23-37(43(40)52-41)47-50-45(34-20-11-18-32(28-34)30-14-5-3-6-15-30)49-46(51-47)35-21-12-19-33(29-35)31-16-7-4-8-17-31/h3-29H,1-2H3. The molecule has 0 unspecified atom stereocenters. The molecule has 1 aliphatic heterocycles. The maximum atomic E-state index is 6.80. The van der Waals surface area contributed by atoms with Crippen molar-refractivity contribution in [3.05, 3.63) is 175 Å². The van der Waals surface area contributed by atoms with E-state index in [1.807, 2.05) is 84.9 Å². The van der Waals surface area contributed by atoms with Crippen LogP contribution in [0.5, 0.6) is 23.0 Å². The van der Waals surface area contributed by atoms with E-state index in [1.54, 1.807) is 0 Å².